The number of nitrogens with one attached hydrogen (secondary N) is 1. The number of hydrogen-bond acceptors (Lipinski definition) is 4. The fourth-order valence-electron chi connectivity index (χ4n) is 7.14. The third-order valence-electron chi connectivity index (χ3n) is 8.97. The minimum absolute atomic E-state index is 0.393. The molecule has 1 saturated heterocycles. The number of carbonyl (C=O) groups excluding carboxylic acids is 3. The molecule has 4 aromatic carbocycles. The molecule has 0 saturated carbocycles. The van der Waals surface area contributed by atoms with E-state index in [1.807, 2.05) is 48.5 Å². The van der Waals surface area contributed by atoms with Gasteiger partial charge in [-0.15, -0.1) is 23.2 Å². The molecule has 0 unspecified atom stereocenters. The van der Waals surface area contributed by atoms with Crippen molar-refractivity contribution in [1.82, 2.24) is 4.90 Å². The van der Waals surface area contributed by atoms with Crippen LogP contribution in [0.1, 0.15) is 36.1 Å². The number of hydrogen-bond donors (Lipinski definition) is 1. The minimum atomic E-state index is -1.31. The quantitative estimate of drug-likeness (QED) is 0.172. The molecule has 0 spiro atoms. The van der Waals surface area contributed by atoms with Crippen LogP contribution in [-0.4, -0.2) is 28.7 Å². The predicted octanol–water partition coefficient (Wildman–Crippen LogP) is 7.69. The molecule has 6 nitrogen and oxygen atoms in total. The molecule has 3 amide bonds. The van der Waals surface area contributed by atoms with E-state index in [-0.39, 0.29) is 0 Å². The van der Waals surface area contributed by atoms with Crippen molar-refractivity contribution < 1.29 is 19.1 Å². The molecule has 4 aromatic rings. The van der Waals surface area contributed by atoms with E-state index in [1.165, 1.54) is 0 Å². The van der Waals surface area contributed by atoms with Gasteiger partial charge < -0.3 is 10.1 Å². The van der Waals surface area contributed by atoms with E-state index in [2.05, 4.69) is 5.32 Å². The maximum atomic E-state index is 14.4. The fourth-order valence-corrected chi connectivity index (χ4v) is 8.37. The summed E-state index contributed by atoms with van der Waals surface area (Å²) in [4.78, 5) is 41.2. The molecule has 1 aliphatic heterocycles. The highest BCUT2D eigenvalue weighted by atomic mass is 35.5. The zero-order valence-electron chi connectivity index (χ0n) is 23.8. The summed E-state index contributed by atoms with van der Waals surface area (Å²) in [6, 6.07) is 27.6. The molecule has 0 radical (unpaired) electrons. The Morgan fingerprint density at radius 2 is 1.14 bits per heavy atom. The molecule has 3 atom stereocenters. The largest absolute Gasteiger partial charge is 0.457 e. The summed E-state index contributed by atoms with van der Waals surface area (Å²) in [5, 5.41) is 3.49. The van der Waals surface area contributed by atoms with Crippen molar-refractivity contribution in [3.63, 3.8) is 0 Å². The van der Waals surface area contributed by atoms with E-state index < -0.39 is 51.3 Å². The molecule has 4 aliphatic rings. The van der Waals surface area contributed by atoms with Gasteiger partial charge in [0, 0.05) is 10.7 Å². The fraction of sp³-hybridized carbons (Fsp3) is 0.229. The molecule has 2 bridgehead atoms. The van der Waals surface area contributed by atoms with Gasteiger partial charge in [0.1, 0.15) is 27.3 Å². The Morgan fingerprint density at radius 1 is 0.727 bits per heavy atom. The van der Waals surface area contributed by atoms with Crippen molar-refractivity contribution in [3.8, 4) is 11.5 Å². The highest BCUT2D eigenvalue weighted by Gasteiger charge is 2.73. The van der Waals surface area contributed by atoms with Crippen molar-refractivity contribution in [1.29, 1.82) is 0 Å². The van der Waals surface area contributed by atoms with Crippen LogP contribution >= 0.6 is 34.8 Å². The topological polar surface area (TPSA) is 75.7 Å². The standard InChI is InChI=1S/C35H27Cl3N2O4/c1-19(2)30(31(41)39-21-13-17-23(18-14-21)44-22-15-11-20(36)12-16-22)40-32(42)28-29(33(40)43)35(38)25-8-4-3-7-24(25)34(28,37)26-9-5-6-10-27(26)35/h3-19,28-30H,1-2H3,(H,39,41)/t28-,29+,30-,34?,35?/m0/s1. The highest BCUT2D eigenvalue weighted by molar-refractivity contribution is 6.36. The van der Waals surface area contributed by atoms with Crippen molar-refractivity contribution in [2.75, 3.05) is 5.32 Å². The zero-order valence-corrected chi connectivity index (χ0v) is 26.0. The van der Waals surface area contributed by atoms with Crippen molar-refractivity contribution in [2.45, 2.75) is 29.6 Å². The molecule has 9 heteroatoms. The summed E-state index contributed by atoms with van der Waals surface area (Å²) in [6.07, 6.45) is 0. The summed E-state index contributed by atoms with van der Waals surface area (Å²) >= 11 is 21.0. The van der Waals surface area contributed by atoms with Gasteiger partial charge in [0.15, 0.2) is 0 Å². The number of nitrogens with zero attached hydrogens (tertiary/aromatic N) is 1. The average molecular weight is 646 g/mol. The van der Waals surface area contributed by atoms with Crippen LogP contribution in [0.2, 0.25) is 5.02 Å². The van der Waals surface area contributed by atoms with E-state index in [4.69, 9.17) is 39.5 Å². The SMILES string of the molecule is CC(C)[C@@H](C(=O)Nc1ccc(Oc2ccc(Cl)cc2)cc1)N1C(=O)[C@@H]2[C@H](C1=O)C1(Cl)c3ccccc3C2(Cl)c2ccccc21. The minimum Gasteiger partial charge on any atom is -0.457 e. The van der Waals surface area contributed by atoms with E-state index in [0.717, 1.165) is 4.90 Å². The first-order valence-electron chi connectivity index (χ1n) is 14.4. The number of ether oxygens (including phenoxy) is 1. The Balaban J connectivity index is 1.20. The number of alkyl halides is 2. The first kappa shape index (κ1) is 28.9. The van der Waals surface area contributed by atoms with E-state index >= 15 is 0 Å². The van der Waals surface area contributed by atoms with Crippen LogP contribution in [0.25, 0.3) is 0 Å². The molecule has 8 rings (SSSR count). The third-order valence-corrected chi connectivity index (χ3v) is 10.5. The van der Waals surface area contributed by atoms with Gasteiger partial charge in [0.05, 0.1) is 11.8 Å². The van der Waals surface area contributed by atoms with Gasteiger partial charge in [-0.05, 0) is 76.7 Å². The number of imide groups is 1. The first-order valence-corrected chi connectivity index (χ1v) is 15.5. The molecule has 1 fully saturated rings. The second-order valence-electron chi connectivity index (χ2n) is 11.8. The number of rotatable bonds is 6. The molecule has 222 valence electrons. The summed E-state index contributed by atoms with van der Waals surface area (Å²) in [5.74, 6) is -2.64. The van der Waals surface area contributed by atoms with Crippen LogP contribution in [0.3, 0.4) is 0 Å². The van der Waals surface area contributed by atoms with Gasteiger partial charge in [-0.1, -0.05) is 74.0 Å². The Kier molecular flexibility index (Phi) is 6.81. The molecular formula is C35H27Cl3N2O4. The van der Waals surface area contributed by atoms with E-state index in [1.54, 1.807) is 62.4 Å². The molecular weight excluding hydrogens is 619 g/mol. The molecule has 44 heavy (non-hydrogen) atoms. The first-order chi connectivity index (χ1) is 21.1. The number of carbonyl (C=O) groups is 3. The lowest BCUT2D eigenvalue weighted by molar-refractivity contribution is -0.148. The van der Waals surface area contributed by atoms with Gasteiger partial charge in [0.2, 0.25) is 17.7 Å². The Labute approximate surface area is 269 Å². The van der Waals surface area contributed by atoms with Crippen LogP contribution in [0.5, 0.6) is 11.5 Å². The molecule has 1 heterocycles. The number of amides is 3. The maximum absolute atomic E-state index is 14.4. The summed E-state index contributed by atoms with van der Waals surface area (Å²) < 4.78 is 5.85. The van der Waals surface area contributed by atoms with Crippen molar-refractivity contribution in [2.24, 2.45) is 17.8 Å². The normalized spacial score (nSPS) is 25.4. The van der Waals surface area contributed by atoms with Crippen LogP contribution in [0, 0.1) is 17.8 Å². The third kappa shape index (κ3) is 4.04. The second-order valence-corrected chi connectivity index (χ2v) is 13.4. The lowest BCUT2D eigenvalue weighted by Crippen LogP contribution is -2.57. The summed E-state index contributed by atoms with van der Waals surface area (Å²) in [7, 11) is 0. The van der Waals surface area contributed by atoms with Crippen molar-refractivity contribution in [3.05, 3.63) is 124 Å². The summed E-state index contributed by atoms with van der Waals surface area (Å²) in [6.45, 7) is 3.61. The van der Waals surface area contributed by atoms with Gasteiger partial charge in [0.25, 0.3) is 0 Å². The Morgan fingerprint density at radius 3 is 1.55 bits per heavy atom. The van der Waals surface area contributed by atoms with Crippen LogP contribution in [0.15, 0.2) is 97.1 Å². The smallest absolute Gasteiger partial charge is 0.247 e. The highest BCUT2D eigenvalue weighted by Crippen LogP contribution is 2.69. The number of likely N-dealkylation sites (tertiary alicyclic amines) is 1. The predicted molar refractivity (Wildman–Crippen MR) is 170 cm³/mol. The molecule has 0 aromatic heterocycles. The maximum Gasteiger partial charge on any atom is 0.247 e. The Hall–Kier alpha value is -3.84. The average Bonchev–Trinajstić information content (AvgIpc) is 3.28. The van der Waals surface area contributed by atoms with Crippen LogP contribution in [0.4, 0.5) is 5.69 Å². The summed E-state index contributed by atoms with van der Waals surface area (Å²) in [5.41, 5.74) is 3.34. The molecule has 3 aliphatic carbocycles. The molecule has 1 N–H and O–H groups in total. The lowest BCUT2D eigenvalue weighted by atomic mass is 9.54. The van der Waals surface area contributed by atoms with Crippen molar-refractivity contribution >= 4 is 58.2 Å². The second kappa shape index (κ2) is 10.4. The van der Waals surface area contributed by atoms with Crippen LogP contribution < -0.4 is 10.1 Å². The number of halogens is 3. The Bertz CT molecular complexity index is 1700. The number of anilines is 1. The van der Waals surface area contributed by atoms with Gasteiger partial charge in [-0.3, -0.25) is 19.3 Å². The zero-order chi connectivity index (χ0) is 31.0. The number of benzene rings is 4. The van der Waals surface area contributed by atoms with Crippen LogP contribution in [-0.2, 0) is 24.1 Å². The lowest BCUT2D eigenvalue weighted by Gasteiger charge is -2.54. The van der Waals surface area contributed by atoms with E-state index in [0.29, 0.717) is 44.5 Å². The van der Waals surface area contributed by atoms with E-state index in [9.17, 15) is 14.4 Å². The van der Waals surface area contributed by atoms with Gasteiger partial charge in [-0.2, -0.15) is 0 Å². The van der Waals surface area contributed by atoms with Gasteiger partial charge >= 0.3 is 0 Å². The van der Waals surface area contributed by atoms with Gasteiger partial charge in [-0.25, -0.2) is 0 Å². The monoisotopic (exact) mass is 644 g/mol.